The number of nitrogens with one attached hydrogen (secondary N) is 2. The molecule has 0 fully saturated rings. The summed E-state index contributed by atoms with van der Waals surface area (Å²) in [5.41, 5.74) is -0.492. The molecule has 14 heteroatoms. The molecule has 0 saturated heterocycles. The number of amides is 2. The van der Waals surface area contributed by atoms with Gasteiger partial charge in [0, 0.05) is 44.7 Å². The zero-order valence-electron chi connectivity index (χ0n) is 18.1. The molecule has 2 N–H and O–H groups in total. The van der Waals surface area contributed by atoms with Gasteiger partial charge in [-0.1, -0.05) is 0 Å². The number of hydroxylamine groups is 2. The van der Waals surface area contributed by atoms with Gasteiger partial charge >= 0.3 is 0 Å². The van der Waals surface area contributed by atoms with Crippen LogP contribution in [0.15, 0.2) is 40.2 Å². The zero-order chi connectivity index (χ0) is 24.5. The molecular formula is C19H21FN6O6S. The second kappa shape index (κ2) is 9.09. The first-order chi connectivity index (χ1) is 15.4. The van der Waals surface area contributed by atoms with E-state index in [2.05, 4.69) is 15.5 Å². The number of aryl methyl sites for hydroxylation is 1. The van der Waals surface area contributed by atoms with Crippen molar-refractivity contribution < 1.29 is 27.2 Å². The van der Waals surface area contributed by atoms with Gasteiger partial charge in [0.05, 0.1) is 24.6 Å². The Bertz CT molecular complexity index is 1400. The Balaban J connectivity index is 1.94. The van der Waals surface area contributed by atoms with Crippen molar-refractivity contribution in [2.75, 3.05) is 33.1 Å². The quantitative estimate of drug-likeness (QED) is 0.462. The molecule has 2 amide bonds. The summed E-state index contributed by atoms with van der Waals surface area (Å²) in [6.07, 6.45) is 1.45. The molecule has 0 saturated carbocycles. The molecule has 3 aromatic rings. The number of H-pyrrole nitrogens is 1. The number of nitrogens with zero attached hydrogens (tertiary/aromatic N) is 4. The van der Waals surface area contributed by atoms with Crippen LogP contribution in [0.3, 0.4) is 0 Å². The highest BCUT2D eigenvalue weighted by Gasteiger charge is 2.29. The second-order valence-electron chi connectivity index (χ2n) is 7.07. The number of pyridine rings is 1. The van der Waals surface area contributed by atoms with E-state index in [4.69, 9.17) is 4.84 Å². The number of aromatic nitrogens is 3. The fraction of sp³-hybridized carbons (Fsp3) is 0.263. The monoisotopic (exact) mass is 480 g/mol. The number of carbonyl (C=O) groups is 2. The van der Waals surface area contributed by atoms with E-state index in [9.17, 15) is 27.2 Å². The summed E-state index contributed by atoms with van der Waals surface area (Å²) in [7, 11) is 0.842. The SMILES string of the molecule is CON(C)C(=O)c1cc(S(=O)(=O)N(C)CC(=O)Nc2ccn(C)c(=O)c2)c2[nH]nc(F)c2c1. The molecule has 12 nitrogen and oxygen atoms in total. The van der Waals surface area contributed by atoms with E-state index in [1.54, 1.807) is 0 Å². The third-order valence-corrected chi connectivity index (χ3v) is 6.67. The van der Waals surface area contributed by atoms with Gasteiger partial charge in [-0.25, -0.2) is 13.5 Å². The van der Waals surface area contributed by atoms with E-state index >= 15 is 0 Å². The Hall–Kier alpha value is -3.62. The van der Waals surface area contributed by atoms with Gasteiger partial charge in [0.1, 0.15) is 4.90 Å². The molecule has 33 heavy (non-hydrogen) atoms. The van der Waals surface area contributed by atoms with Crippen LogP contribution in [-0.4, -0.2) is 72.1 Å². The number of aromatic amines is 1. The first-order valence-corrected chi connectivity index (χ1v) is 10.8. The summed E-state index contributed by atoms with van der Waals surface area (Å²) >= 11 is 0. The number of hydrogen-bond acceptors (Lipinski definition) is 7. The minimum atomic E-state index is -4.39. The summed E-state index contributed by atoms with van der Waals surface area (Å²) in [6, 6.07) is 4.85. The second-order valence-corrected chi connectivity index (χ2v) is 9.08. The molecule has 3 rings (SSSR count). The van der Waals surface area contributed by atoms with Gasteiger partial charge in [-0.15, -0.1) is 5.10 Å². The Morgan fingerprint density at radius 1 is 1.27 bits per heavy atom. The summed E-state index contributed by atoms with van der Waals surface area (Å²) in [6.45, 7) is -0.619. The highest BCUT2D eigenvalue weighted by Crippen LogP contribution is 2.28. The van der Waals surface area contributed by atoms with Crippen LogP contribution < -0.4 is 10.9 Å². The molecule has 0 aliphatic carbocycles. The third-order valence-electron chi connectivity index (χ3n) is 4.84. The smallest absolute Gasteiger partial charge is 0.277 e. The van der Waals surface area contributed by atoms with Crippen LogP contribution in [0.2, 0.25) is 0 Å². The lowest BCUT2D eigenvalue weighted by molar-refractivity contribution is -0.116. The molecule has 176 valence electrons. The van der Waals surface area contributed by atoms with Crippen LogP contribution in [-0.2, 0) is 26.7 Å². The van der Waals surface area contributed by atoms with Gasteiger partial charge in [-0.2, -0.15) is 8.70 Å². The number of sulfonamides is 1. The minimum absolute atomic E-state index is 0.163. The predicted molar refractivity (Wildman–Crippen MR) is 115 cm³/mol. The maximum Gasteiger partial charge on any atom is 0.277 e. The number of fused-ring (bicyclic) bond motifs is 1. The fourth-order valence-corrected chi connectivity index (χ4v) is 4.24. The van der Waals surface area contributed by atoms with Crippen molar-refractivity contribution in [3.63, 3.8) is 0 Å². The summed E-state index contributed by atoms with van der Waals surface area (Å²) in [5, 5.41) is 8.76. The molecule has 0 bridgehead atoms. The highest BCUT2D eigenvalue weighted by molar-refractivity contribution is 7.89. The molecule has 0 aliphatic rings. The van der Waals surface area contributed by atoms with Crippen LogP contribution in [0.5, 0.6) is 0 Å². The van der Waals surface area contributed by atoms with Crippen LogP contribution in [0.1, 0.15) is 10.4 Å². The predicted octanol–water partition coefficient (Wildman–Crippen LogP) is 0.293. The topological polar surface area (TPSA) is 147 Å². The van der Waals surface area contributed by atoms with Crippen LogP contribution in [0, 0.1) is 5.95 Å². The summed E-state index contributed by atoms with van der Waals surface area (Å²) < 4.78 is 42.6. The number of halogens is 1. The fourth-order valence-electron chi connectivity index (χ4n) is 2.93. The van der Waals surface area contributed by atoms with E-state index in [1.807, 2.05) is 0 Å². The van der Waals surface area contributed by atoms with E-state index in [0.717, 1.165) is 28.5 Å². The van der Waals surface area contributed by atoms with Crippen LogP contribution >= 0.6 is 0 Å². The molecular weight excluding hydrogens is 459 g/mol. The first-order valence-electron chi connectivity index (χ1n) is 9.38. The Morgan fingerprint density at radius 3 is 2.61 bits per heavy atom. The summed E-state index contributed by atoms with van der Waals surface area (Å²) in [4.78, 5) is 40.9. The molecule has 2 aromatic heterocycles. The van der Waals surface area contributed by atoms with Crippen molar-refractivity contribution in [2.24, 2.45) is 7.05 Å². The van der Waals surface area contributed by atoms with Gasteiger partial charge in [0.2, 0.25) is 21.9 Å². The van der Waals surface area contributed by atoms with E-state index in [-0.39, 0.29) is 27.7 Å². The number of benzene rings is 1. The van der Waals surface area contributed by atoms with Crippen molar-refractivity contribution in [3.8, 4) is 0 Å². The lowest BCUT2D eigenvalue weighted by atomic mass is 10.1. The minimum Gasteiger partial charge on any atom is -0.325 e. The molecule has 0 atom stereocenters. The number of rotatable bonds is 7. The van der Waals surface area contributed by atoms with Gasteiger partial charge in [-0.3, -0.25) is 24.3 Å². The molecule has 2 heterocycles. The van der Waals surface area contributed by atoms with E-state index in [1.165, 1.54) is 44.1 Å². The molecule has 0 unspecified atom stereocenters. The van der Waals surface area contributed by atoms with Crippen molar-refractivity contribution >= 4 is 38.4 Å². The average molecular weight is 480 g/mol. The van der Waals surface area contributed by atoms with Gasteiger partial charge in [-0.05, 0) is 18.2 Å². The standard InChI is InChI=1S/C19H21FN6O6S/c1-24-6-5-12(9-16(24)28)21-15(27)10-25(2)33(30,31)14-8-11(19(29)26(3)32-4)7-13-17(14)22-23-18(13)20/h5-9H,10H2,1-4H3,(H,21,27)(H,22,23). The highest BCUT2D eigenvalue weighted by atomic mass is 32.2. The van der Waals surface area contributed by atoms with Crippen molar-refractivity contribution in [1.29, 1.82) is 0 Å². The van der Waals surface area contributed by atoms with E-state index < -0.39 is 39.2 Å². The number of hydrogen-bond donors (Lipinski definition) is 2. The maximum absolute atomic E-state index is 14.2. The number of likely N-dealkylation sites (N-methyl/N-ethyl adjacent to an activating group) is 1. The lowest BCUT2D eigenvalue weighted by Crippen LogP contribution is -2.35. The molecule has 1 aromatic carbocycles. The molecule has 0 radical (unpaired) electrons. The number of anilines is 1. The van der Waals surface area contributed by atoms with Crippen LogP contribution in [0.25, 0.3) is 10.9 Å². The van der Waals surface area contributed by atoms with Gasteiger partial charge < -0.3 is 9.88 Å². The molecule has 0 aliphatic heterocycles. The first kappa shape index (κ1) is 24.0. The third kappa shape index (κ3) is 4.76. The summed E-state index contributed by atoms with van der Waals surface area (Å²) in [5.74, 6) is -2.43. The van der Waals surface area contributed by atoms with Crippen molar-refractivity contribution in [1.82, 2.24) is 24.1 Å². The Kier molecular flexibility index (Phi) is 6.62. The van der Waals surface area contributed by atoms with Gasteiger partial charge in [0.15, 0.2) is 0 Å². The van der Waals surface area contributed by atoms with Crippen molar-refractivity contribution in [3.05, 3.63) is 52.3 Å². The molecule has 0 spiro atoms. The number of carbonyl (C=O) groups excluding carboxylic acids is 2. The van der Waals surface area contributed by atoms with E-state index in [0.29, 0.717) is 0 Å². The largest absolute Gasteiger partial charge is 0.325 e. The Labute approximate surface area is 187 Å². The van der Waals surface area contributed by atoms with Crippen LogP contribution in [0.4, 0.5) is 10.1 Å². The van der Waals surface area contributed by atoms with Gasteiger partial charge in [0.25, 0.3) is 11.5 Å². The average Bonchev–Trinajstić information content (AvgIpc) is 3.15. The normalized spacial score (nSPS) is 11.7. The maximum atomic E-state index is 14.2. The lowest BCUT2D eigenvalue weighted by Gasteiger charge is -2.19. The Morgan fingerprint density at radius 2 is 1.97 bits per heavy atom. The zero-order valence-corrected chi connectivity index (χ0v) is 18.9. The van der Waals surface area contributed by atoms with Crippen molar-refractivity contribution in [2.45, 2.75) is 4.90 Å².